The number of aromatic nitrogens is 2. The molecular formula is C29H35N7O2. The monoisotopic (exact) mass is 513 g/mol. The highest BCUT2D eigenvalue weighted by molar-refractivity contribution is 5.91. The molecule has 9 nitrogen and oxygen atoms in total. The molecule has 0 bridgehead atoms. The van der Waals surface area contributed by atoms with Gasteiger partial charge in [0.2, 0.25) is 0 Å². The molecule has 38 heavy (non-hydrogen) atoms. The van der Waals surface area contributed by atoms with Crippen LogP contribution < -0.4 is 15.0 Å². The van der Waals surface area contributed by atoms with Gasteiger partial charge in [-0.1, -0.05) is 30.3 Å². The molecule has 0 aliphatic carbocycles. The highest BCUT2D eigenvalue weighted by atomic mass is 16.5. The summed E-state index contributed by atoms with van der Waals surface area (Å²) in [4.78, 5) is 16.8. The number of nitrogens with zero attached hydrogens (tertiary/aromatic N) is 6. The van der Waals surface area contributed by atoms with Crippen LogP contribution >= 0.6 is 0 Å². The van der Waals surface area contributed by atoms with Gasteiger partial charge in [-0.25, -0.2) is 0 Å². The number of hydrogen-bond donors (Lipinski definition) is 2. The number of phenols is 1. The Morgan fingerprint density at radius 3 is 2.84 bits per heavy atom. The van der Waals surface area contributed by atoms with E-state index in [1.54, 1.807) is 6.07 Å². The van der Waals surface area contributed by atoms with Crippen molar-refractivity contribution < 1.29 is 9.84 Å². The Kier molecular flexibility index (Phi) is 7.02. The minimum Gasteiger partial charge on any atom is -0.507 e. The third-order valence-corrected chi connectivity index (χ3v) is 8.14. The second-order valence-electron chi connectivity index (χ2n) is 10.7. The number of fused-ring (bicyclic) bond motifs is 2. The zero-order valence-electron chi connectivity index (χ0n) is 21.9. The Morgan fingerprint density at radius 1 is 1.16 bits per heavy atom. The van der Waals surface area contributed by atoms with Gasteiger partial charge in [-0.2, -0.15) is 15.2 Å². The minimum absolute atomic E-state index is 0.118. The smallest absolute Gasteiger partial charge is 0.318 e. The van der Waals surface area contributed by atoms with Crippen molar-refractivity contribution in [2.24, 2.45) is 0 Å². The number of hydrogen-bond acceptors (Lipinski definition) is 9. The molecule has 4 heterocycles. The summed E-state index contributed by atoms with van der Waals surface area (Å²) < 4.78 is 6.21. The fraction of sp³-hybridized carbons (Fsp3) is 0.483. The summed E-state index contributed by atoms with van der Waals surface area (Å²) in [6, 6.07) is 15.1. The molecule has 3 aliphatic rings. The fourth-order valence-corrected chi connectivity index (χ4v) is 6.11. The fourth-order valence-electron chi connectivity index (χ4n) is 6.11. The van der Waals surface area contributed by atoms with Gasteiger partial charge in [0.15, 0.2) is 0 Å². The van der Waals surface area contributed by atoms with E-state index in [0.717, 1.165) is 72.6 Å². The average Bonchev–Trinajstić information content (AvgIpc) is 3.52. The van der Waals surface area contributed by atoms with E-state index in [1.807, 2.05) is 24.3 Å². The summed E-state index contributed by atoms with van der Waals surface area (Å²) in [6.07, 6.45) is 2.80. The molecule has 0 saturated carbocycles. The highest BCUT2D eigenvalue weighted by Gasteiger charge is 2.31. The number of piperazine rings is 1. The van der Waals surface area contributed by atoms with Crippen LogP contribution in [0.1, 0.15) is 36.1 Å². The van der Waals surface area contributed by atoms with Crippen molar-refractivity contribution in [1.82, 2.24) is 25.1 Å². The van der Waals surface area contributed by atoms with Crippen LogP contribution in [0.3, 0.4) is 0 Å². The van der Waals surface area contributed by atoms with E-state index in [-0.39, 0.29) is 6.04 Å². The van der Waals surface area contributed by atoms with Crippen LogP contribution in [0.2, 0.25) is 0 Å². The lowest BCUT2D eigenvalue weighted by molar-refractivity contribution is 0.187. The Labute approximate surface area is 223 Å². The second kappa shape index (κ2) is 10.7. The van der Waals surface area contributed by atoms with Crippen LogP contribution in [0.25, 0.3) is 10.8 Å². The molecule has 3 aliphatic heterocycles. The number of anilines is 1. The zero-order chi connectivity index (χ0) is 26.1. The molecule has 0 radical (unpaired) electrons. The third-order valence-electron chi connectivity index (χ3n) is 8.14. The normalized spacial score (nSPS) is 22.1. The molecular weight excluding hydrogens is 478 g/mol. The predicted octanol–water partition coefficient (Wildman–Crippen LogP) is 3.02. The van der Waals surface area contributed by atoms with E-state index in [9.17, 15) is 10.4 Å². The summed E-state index contributed by atoms with van der Waals surface area (Å²) in [5, 5.41) is 25.2. The SMILES string of the molecule is CN1CCC[C@H]1COc1nc2c(c(N3CCN[C@@H](CC#N)C3)n1)CN(Cc1cccc3cccc(O)c13)C2. The molecule has 6 rings (SSSR count). The first kappa shape index (κ1) is 24.9. The topological polar surface area (TPSA) is 101 Å². The van der Waals surface area contributed by atoms with Crippen LogP contribution in [0.5, 0.6) is 11.8 Å². The summed E-state index contributed by atoms with van der Waals surface area (Å²) in [7, 11) is 2.15. The maximum atomic E-state index is 10.6. The number of phenolic OH excluding ortho intramolecular Hbond substituents is 1. The molecule has 2 saturated heterocycles. The van der Waals surface area contributed by atoms with Crippen molar-refractivity contribution in [3.8, 4) is 17.8 Å². The lowest BCUT2D eigenvalue weighted by Gasteiger charge is -2.34. The molecule has 1 aromatic heterocycles. The largest absolute Gasteiger partial charge is 0.507 e. The van der Waals surface area contributed by atoms with Crippen molar-refractivity contribution in [2.45, 2.75) is 51.0 Å². The van der Waals surface area contributed by atoms with Gasteiger partial charge in [0.1, 0.15) is 18.2 Å². The van der Waals surface area contributed by atoms with Crippen molar-refractivity contribution in [3.05, 3.63) is 53.2 Å². The molecule has 0 amide bonds. The number of ether oxygens (including phenoxy) is 1. The number of rotatable bonds is 7. The Hall–Kier alpha value is -3.45. The quantitative estimate of drug-likeness (QED) is 0.494. The Bertz CT molecular complexity index is 1350. The third kappa shape index (κ3) is 4.99. The van der Waals surface area contributed by atoms with Crippen LogP contribution in [0.4, 0.5) is 5.82 Å². The Balaban J connectivity index is 1.28. The maximum Gasteiger partial charge on any atom is 0.318 e. The van der Waals surface area contributed by atoms with E-state index < -0.39 is 0 Å². The van der Waals surface area contributed by atoms with Gasteiger partial charge < -0.3 is 25.0 Å². The summed E-state index contributed by atoms with van der Waals surface area (Å²) in [5.74, 6) is 1.24. The van der Waals surface area contributed by atoms with Gasteiger partial charge in [0.25, 0.3) is 0 Å². The highest BCUT2D eigenvalue weighted by Crippen LogP contribution is 2.35. The average molecular weight is 514 g/mol. The zero-order valence-corrected chi connectivity index (χ0v) is 21.9. The van der Waals surface area contributed by atoms with E-state index in [1.165, 1.54) is 6.42 Å². The minimum atomic E-state index is 0.118. The molecule has 3 aromatic rings. The molecule has 2 N–H and O–H groups in total. The van der Waals surface area contributed by atoms with Gasteiger partial charge >= 0.3 is 6.01 Å². The van der Waals surface area contributed by atoms with Gasteiger partial charge in [-0.3, -0.25) is 4.90 Å². The van der Waals surface area contributed by atoms with Gasteiger partial charge in [-0.05, 0) is 43.5 Å². The molecule has 2 atom stereocenters. The summed E-state index contributed by atoms with van der Waals surface area (Å²) in [5.41, 5.74) is 3.24. The number of aromatic hydroxyl groups is 1. The molecule has 198 valence electrons. The standard InChI is InChI=1S/C29H35N7O2/c1-34-13-4-8-23(34)19-38-29-32-25-18-35(15-21-7-2-5-20-6-3-9-26(37)27(20)21)17-24(25)28(33-29)36-14-12-31-22(16-36)10-11-30/h2-3,5-7,9,22-23,31,37H,4,8,10,12-19H2,1H3/t22-,23-/m0/s1. The first-order valence-electron chi connectivity index (χ1n) is 13.6. The molecule has 2 aromatic carbocycles. The number of nitrogens with one attached hydrogen (secondary N) is 1. The lowest BCUT2D eigenvalue weighted by atomic mass is 10.0. The van der Waals surface area contributed by atoms with Gasteiger partial charge in [-0.15, -0.1) is 0 Å². The van der Waals surface area contributed by atoms with Gasteiger partial charge in [0.05, 0.1) is 18.2 Å². The molecule has 9 heteroatoms. The van der Waals surface area contributed by atoms with Crippen molar-refractivity contribution in [3.63, 3.8) is 0 Å². The van der Waals surface area contributed by atoms with Crippen molar-refractivity contribution in [2.75, 3.05) is 44.7 Å². The van der Waals surface area contributed by atoms with Crippen molar-refractivity contribution in [1.29, 1.82) is 5.26 Å². The first-order valence-corrected chi connectivity index (χ1v) is 13.6. The lowest BCUT2D eigenvalue weighted by Crippen LogP contribution is -2.51. The van der Waals surface area contributed by atoms with Gasteiger partial charge in [0, 0.05) is 62.3 Å². The van der Waals surface area contributed by atoms with E-state index >= 15 is 0 Å². The van der Waals surface area contributed by atoms with Crippen LogP contribution in [-0.2, 0) is 19.6 Å². The van der Waals surface area contributed by atoms with Crippen LogP contribution in [0, 0.1) is 11.3 Å². The number of benzene rings is 2. The van der Waals surface area contributed by atoms with Crippen LogP contribution in [-0.4, -0.2) is 76.8 Å². The maximum absolute atomic E-state index is 10.6. The van der Waals surface area contributed by atoms with E-state index in [4.69, 9.17) is 14.7 Å². The molecule has 0 spiro atoms. The molecule has 2 fully saturated rings. The predicted molar refractivity (Wildman–Crippen MR) is 146 cm³/mol. The Morgan fingerprint density at radius 2 is 2.03 bits per heavy atom. The van der Waals surface area contributed by atoms with E-state index in [2.05, 4.69) is 39.2 Å². The second-order valence-corrected chi connectivity index (χ2v) is 10.7. The number of nitriles is 1. The summed E-state index contributed by atoms with van der Waals surface area (Å²) in [6.45, 7) is 6.19. The van der Waals surface area contributed by atoms with Crippen LogP contribution in [0.15, 0.2) is 36.4 Å². The van der Waals surface area contributed by atoms with E-state index in [0.29, 0.717) is 43.9 Å². The number of likely N-dealkylation sites (tertiary alicyclic amines) is 1. The number of likely N-dealkylation sites (N-methyl/N-ethyl adjacent to an activating group) is 1. The molecule has 0 unspecified atom stereocenters. The summed E-state index contributed by atoms with van der Waals surface area (Å²) >= 11 is 0. The van der Waals surface area contributed by atoms with Crippen molar-refractivity contribution >= 4 is 16.6 Å². The first-order chi connectivity index (χ1) is 18.6.